The largest absolute Gasteiger partial charge is 0.255 e. The van der Waals surface area contributed by atoms with E-state index in [0.717, 1.165) is 27.9 Å². The van der Waals surface area contributed by atoms with Gasteiger partial charge in [-0.2, -0.15) is 5.10 Å². The molecule has 22 heavy (non-hydrogen) atoms. The molecule has 0 unspecified atom stereocenters. The SMILES string of the molecule is CSc1ccc(C2=NNC(=Nc3ccc(C)cc3)SC2)cc1. The molecule has 3 nitrogen and oxygen atoms in total. The number of aliphatic imine (C=N–C) groups is 1. The third-order valence-corrected chi connectivity index (χ3v) is 4.94. The second kappa shape index (κ2) is 7.03. The molecule has 1 N–H and O–H groups in total. The summed E-state index contributed by atoms with van der Waals surface area (Å²) in [7, 11) is 0. The van der Waals surface area contributed by atoms with Crippen molar-refractivity contribution in [1.82, 2.24) is 5.43 Å². The van der Waals surface area contributed by atoms with E-state index in [4.69, 9.17) is 0 Å². The van der Waals surface area contributed by atoms with Crippen LogP contribution in [0.4, 0.5) is 5.69 Å². The van der Waals surface area contributed by atoms with Crippen molar-refractivity contribution in [3.05, 3.63) is 59.7 Å². The summed E-state index contributed by atoms with van der Waals surface area (Å²) >= 11 is 3.42. The van der Waals surface area contributed by atoms with Crippen LogP contribution in [-0.2, 0) is 0 Å². The average Bonchev–Trinajstić information content (AvgIpc) is 2.58. The summed E-state index contributed by atoms with van der Waals surface area (Å²) in [6.07, 6.45) is 2.08. The molecule has 1 heterocycles. The van der Waals surface area contributed by atoms with Crippen molar-refractivity contribution < 1.29 is 0 Å². The highest BCUT2D eigenvalue weighted by atomic mass is 32.2. The Morgan fingerprint density at radius 2 is 1.82 bits per heavy atom. The molecule has 1 aliphatic rings. The Morgan fingerprint density at radius 1 is 1.09 bits per heavy atom. The van der Waals surface area contributed by atoms with Gasteiger partial charge >= 0.3 is 0 Å². The number of amidine groups is 1. The molecule has 0 spiro atoms. The van der Waals surface area contributed by atoms with Gasteiger partial charge in [0.1, 0.15) is 0 Å². The lowest BCUT2D eigenvalue weighted by molar-refractivity contribution is 1.03. The van der Waals surface area contributed by atoms with Gasteiger partial charge in [0.05, 0.1) is 11.4 Å². The number of thioether (sulfide) groups is 2. The molecular weight excluding hydrogens is 310 g/mol. The third kappa shape index (κ3) is 3.72. The monoisotopic (exact) mass is 327 g/mol. The van der Waals surface area contributed by atoms with Gasteiger partial charge in [-0.05, 0) is 43.0 Å². The number of nitrogens with one attached hydrogen (secondary N) is 1. The first kappa shape index (κ1) is 15.2. The summed E-state index contributed by atoms with van der Waals surface area (Å²) in [6.45, 7) is 2.07. The topological polar surface area (TPSA) is 36.8 Å². The van der Waals surface area contributed by atoms with E-state index in [2.05, 4.69) is 65.1 Å². The Kier molecular flexibility index (Phi) is 4.85. The zero-order valence-corrected chi connectivity index (χ0v) is 14.2. The molecule has 0 radical (unpaired) electrons. The van der Waals surface area contributed by atoms with E-state index in [0.29, 0.717) is 0 Å². The minimum absolute atomic E-state index is 0.830. The minimum atomic E-state index is 0.830. The first-order valence-corrected chi connectivity index (χ1v) is 9.21. The Bertz CT molecular complexity index is 704. The molecule has 3 rings (SSSR count). The lowest BCUT2D eigenvalue weighted by Gasteiger charge is -2.15. The van der Waals surface area contributed by atoms with Gasteiger partial charge in [0.2, 0.25) is 0 Å². The van der Waals surface area contributed by atoms with Crippen LogP contribution >= 0.6 is 23.5 Å². The molecule has 1 aliphatic heterocycles. The molecule has 2 aromatic carbocycles. The molecule has 2 aromatic rings. The fraction of sp³-hybridized carbons (Fsp3) is 0.176. The quantitative estimate of drug-likeness (QED) is 0.847. The summed E-state index contributed by atoms with van der Waals surface area (Å²) in [4.78, 5) is 5.84. The van der Waals surface area contributed by atoms with Crippen molar-refractivity contribution in [1.29, 1.82) is 0 Å². The molecule has 0 aliphatic carbocycles. The lowest BCUT2D eigenvalue weighted by atomic mass is 10.1. The Hall–Kier alpha value is -1.72. The lowest BCUT2D eigenvalue weighted by Crippen LogP contribution is -2.25. The van der Waals surface area contributed by atoms with Crippen LogP contribution in [0.3, 0.4) is 0 Å². The molecule has 0 aromatic heterocycles. The fourth-order valence-corrected chi connectivity index (χ4v) is 3.23. The van der Waals surface area contributed by atoms with E-state index in [1.807, 2.05) is 12.1 Å². The molecule has 0 amide bonds. The summed E-state index contributed by atoms with van der Waals surface area (Å²) in [5.41, 5.74) is 7.46. The fourth-order valence-electron chi connectivity index (χ4n) is 2.04. The number of nitrogens with zero attached hydrogens (tertiary/aromatic N) is 2. The Balaban J connectivity index is 1.72. The number of hydrogen-bond donors (Lipinski definition) is 1. The number of hydrazone groups is 1. The highest BCUT2D eigenvalue weighted by Crippen LogP contribution is 2.20. The van der Waals surface area contributed by atoms with Crippen LogP contribution in [0.2, 0.25) is 0 Å². The third-order valence-electron chi connectivity index (χ3n) is 3.32. The molecular formula is C17H17N3S2. The normalized spacial score (nSPS) is 16.3. The van der Waals surface area contributed by atoms with Crippen LogP contribution in [0, 0.1) is 6.92 Å². The zero-order valence-electron chi connectivity index (χ0n) is 12.5. The van der Waals surface area contributed by atoms with Crippen LogP contribution in [0.25, 0.3) is 0 Å². The molecule has 0 bridgehead atoms. The van der Waals surface area contributed by atoms with Gasteiger partial charge < -0.3 is 0 Å². The number of rotatable bonds is 3. The van der Waals surface area contributed by atoms with Crippen molar-refractivity contribution in [2.45, 2.75) is 11.8 Å². The highest BCUT2D eigenvalue weighted by molar-refractivity contribution is 8.14. The summed E-state index contributed by atoms with van der Waals surface area (Å²) in [6, 6.07) is 16.7. The number of benzene rings is 2. The van der Waals surface area contributed by atoms with E-state index in [9.17, 15) is 0 Å². The van der Waals surface area contributed by atoms with Gasteiger partial charge in [-0.3, -0.25) is 5.43 Å². The van der Waals surface area contributed by atoms with E-state index in [1.54, 1.807) is 23.5 Å². The van der Waals surface area contributed by atoms with E-state index >= 15 is 0 Å². The Morgan fingerprint density at radius 3 is 2.41 bits per heavy atom. The first-order chi connectivity index (χ1) is 10.7. The summed E-state index contributed by atoms with van der Waals surface area (Å²) < 4.78 is 0. The van der Waals surface area contributed by atoms with E-state index < -0.39 is 0 Å². The van der Waals surface area contributed by atoms with E-state index in [-0.39, 0.29) is 0 Å². The summed E-state index contributed by atoms with van der Waals surface area (Å²) in [5.74, 6) is 0.830. The average molecular weight is 327 g/mol. The highest BCUT2D eigenvalue weighted by Gasteiger charge is 2.13. The van der Waals surface area contributed by atoms with Gasteiger partial charge in [-0.15, -0.1) is 11.8 Å². The van der Waals surface area contributed by atoms with Gasteiger partial charge in [-0.1, -0.05) is 41.6 Å². The van der Waals surface area contributed by atoms with Crippen LogP contribution in [0.1, 0.15) is 11.1 Å². The first-order valence-electron chi connectivity index (χ1n) is 7.00. The van der Waals surface area contributed by atoms with Crippen LogP contribution in [-0.4, -0.2) is 22.9 Å². The van der Waals surface area contributed by atoms with Crippen molar-refractivity contribution >= 4 is 40.1 Å². The maximum Gasteiger partial charge on any atom is 0.182 e. The predicted octanol–water partition coefficient (Wildman–Crippen LogP) is 4.45. The van der Waals surface area contributed by atoms with Crippen molar-refractivity contribution in [2.75, 3.05) is 12.0 Å². The molecule has 112 valence electrons. The van der Waals surface area contributed by atoms with E-state index in [1.165, 1.54) is 10.5 Å². The molecule has 0 saturated heterocycles. The second-order valence-corrected chi connectivity index (χ2v) is 6.78. The standard InChI is InChI=1S/C17H17N3S2/c1-12-3-7-14(8-4-12)18-17-20-19-16(11-22-17)13-5-9-15(21-2)10-6-13/h3-10H,11H2,1-2H3,(H,18,20). The van der Waals surface area contributed by atoms with Crippen molar-refractivity contribution in [2.24, 2.45) is 10.1 Å². The minimum Gasteiger partial charge on any atom is -0.255 e. The van der Waals surface area contributed by atoms with Gasteiger partial charge in [0.15, 0.2) is 5.17 Å². The smallest absolute Gasteiger partial charge is 0.182 e. The van der Waals surface area contributed by atoms with Crippen molar-refractivity contribution in [3.63, 3.8) is 0 Å². The zero-order chi connectivity index (χ0) is 15.4. The molecule has 0 atom stereocenters. The van der Waals surface area contributed by atoms with Crippen LogP contribution in [0.15, 0.2) is 63.5 Å². The predicted molar refractivity (Wildman–Crippen MR) is 98.6 cm³/mol. The van der Waals surface area contributed by atoms with Crippen molar-refractivity contribution in [3.8, 4) is 0 Å². The van der Waals surface area contributed by atoms with Gasteiger partial charge in [0, 0.05) is 10.6 Å². The number of hydrogen-bond acceptors (Lipinski definition) is 4. The maximum absolute atomic E-state index is 4.57. The van der Waals surface area contributed by atoms with Gasteiger partial charge in [0.25, 0.3) is 0 Å². The number of aryl methyl sites for hydroxylation is 1. The molecule has 0 fully saturated rings. The second-order valence-electron chi connectivity index (χ2n) is 4.94. The summed E-state index contributed by atoms with van der Waals surface area (Å²) in [5, 5.41) is 5.30. The maximum atomic E-state index is 4.57. The molecule has 5 heteroatoms. The van der Waals surface area contributed by atoms with Gasteiger partial charge in [-0.25, -0.2) is 4.99 Å². The van der Waals surface area contributed by atoms with Crippen LogP contribution < -0.4 is 5.43 Å². The molecule has 0 saturated carbocycles. The Labute approximate surface area is 139 Å². The van der Waals surface area contributed by atoms with Crippen LogP contribution in [0.5, 0.6) is 0 Å².